The molecule has 0 aromatic heterocycles. The van der Waals surface area contributed by atoms with Crippen LogP contribution in [-0.2, 0) is 10.0 Å². The third-order valence-corrected chi connectivity index (χ3v) is 4.71. The highest BCUT2D eigenvalue weighted by Crippen LogP contribution is 2.28. The summed E-state index contributed by atoms with van der Waals surface area (Å²) in [4.78, 5) is 0.106. The zero-order valence-electron chi connectivity index (χ0n) is 10.5. The van der Waals surface area contributed by atoms with Gasteiger partial charge in [0.05, 0.1) is 15.6 Å². The Labute approximate surface area is 131 Å². The highest BCUT2D eigenvalue weighted by atomic mass is 79.9. The van der Waals surface area contributed by atoms with Crippen molar-refractivity contribution >= 4 is 48.9 Å². The van der Waals surface area contributed by atoms with Crippen molar-refractivity contribution in [3.8, 4) is 0 Å². The zero-order valence-corrected chi connectivity index (χ0v) is 13.7. The van der Waals surface area contributed by atoms with Crippen molar-refractivity contribution < 1.29 is 8.42 Å². The maximum atomic E-state index is 12.3. The number of hydrogen-bond acceptors (Lipinski definition) is 3. The molecule has 0 aliphatic rings. The Morgan fingerprint density at radius 1 is 1.20 bits per heavy atom. The topological polar surface area (TPSA) is 72.2 Å². The third kappa shape index (κ3) is 3.45. The van der Waals surface area contributed by atoms with E-state index in [-0.39, 0.29) is 4.90 Å². The second kappa shape index (κ2) is 5.63. The molecular weight excluding hydrogens is 364 g/mol. The zero-order chi connectivity index (χ0) is 14.9. The number of aryl methyl sites for hydroxylation is 1. The van der Waals surface area contributed by atoms with Gasteiger partial charge in [0.1, 0.15) is 0 Å². The fourth-order valence-electron chi connectivity index (χ4n) is 1.71. The number of nitrogens with two attached hydrogens (primary N) is 1. The Morgan fingerprint density at radius 2 is 1.90 bits per heavy atom. The number of sulfonamides is 1. The summed E-state index contributed by atoms with van der Waals surface area (Å²) in [6, 6.07) is 9.56. The number of hydrogen-bond donors (Lipinski definition) is 2. The van der Waals surface area contributed by atoms with E-state index in [0.29, 0.717) is 16.4 Å². The molecule has 0 saturated heterocycles. The van der Waals surface area contributed by atoms with Gasteiger partial charge < -0.3 is 5.73 Å². The molecule has 7 heteroatoms. The Balaban J connectivity index is 2.40. The Kier molecular flexibility index (Phi) is 4.27. The fourth-order valence-corrected chi connectivity index (χ4v) is 3.70. The summed E-state index contributed by atoms with van der Waals surface area (Å²) in [5, 5.41) is 0.309. The van der Waals surface area contributed by atoms with Crippen molar-refractivity contribution in [1.29, 1.82) is 0 Å². The molecule has 2 rings (SSSR count). The van der Waals surface area contributed by atoms with E-state index in [1.54, 1.807) is 37.3 Å². The summed E-state index contributed by atoms with van der Waals surface area (Å²) in [6.07, 6.45) is 0. The van der Waals surface area contributed by atoms with E-state index in [2.05, 4.69) is 20.7 Å². The molecule has 0 spiro atoms. The molecule has 0 radical (unpaired) electrons. The van der Waals surface area contributed by atoms with Crippen molar-refractivity contribution in [2.45, 2.75) is 11.8 Å². The van der Waals surface area contributed by atoms with E-state index in [1.165, 1.54) is 6.07 Å². The summed E-state index contributed by atoms with van der Waals surface area (Å²) in [7, 11) is -3.72. The molecule has 0 amide bonds. The van der Waals surface area contributed by atoms with Gasteiger partial charge in [-0.3, -0.25) is 4.72 Å². The van der Waals surface area contributed by atoms with E-state index >= 15 is 0 Å². The molecule has 20 heavy (non-hydrogen) atoms. The van der Waals surface area contributed by atoms with Gasteiger partial charge in [-0.05, 0) is 48.9 Å². The first-order chi connectivity index (χ1) is 9.28. The van der Waals surface area contributed by atoms with Crippen LogP contribution in [0.15, 0.2) is 45.8 Å². The highest BCUT2D eigenvalue weighted by molar-refractivity contribution is 9.10. The standard InChI is InChI=1S/C13H12BrClN2O2S/c1-8-4-10(16)7-11(5-8)20(18,19)17-13-3-2-9(14)6-12(13)15/h2-7,17H,16H2,1H3. The van der Waals surface area contributed by atoms with Crippen molar-refractivity contribution in [1.82, 2.24) is 0 Å². The summed E-state index contributed by atoms with van der Waals surface area (Å²) in [5.74, 6) is 0. The normalized spacial score (nSPS) is 11.3. The maximum Gasteiger partial charge on any atom is 0.262 e. The molecule has 0 fully saturated rings. The molecule has 2 aromatic carbocycles. The predicted molar refractivity (Wildman–Crippen MR) is 85.6 cm³/mol. The van der Waals surface area contributed by atoms with Crippen LogP contribution < -0.4 is 10.5 Å². The monoisotopic (exact) mass is 374 g/mol. The average Bonchev–Trinajstić information content (AvgIpc) is 2.31. The molecule has 2 aromatic rings. The maximum absolute atomic E-state index is 12.3. The molecule has 4 nitrogen and oxygen atoms in total. The van der Waals surface area contributed by atoms with Crippen molar-refractivity contribution in [3.05, 3.63) is 51.5 Å². The second-order valence-electron chi connectivity index (χ2n) is 4.31. The first kappa shape index (κ1) is 15.2. The number of rotatable bonds is 3. The van der Waals surface area contributed by atoms with Crippen LogP contribution in [0.25, 0.3) is 0 Å². The second-order valence-corrected chi connectivity index (χ2v) is 7.31. The van der Waals surface area contributed by atoms with Gasteiger partial charge in [-0.25, -0.2) is 8.42 Å². The van der Waals surface area contributed by atoms with Crippen LogP contribution in [0.4, 0.5) is 11.4 Å². The van der Waals surface area contributed by atoms with Gasteiger partial charge in [-0.2, -0.15) is 0 Å². The molecular formula is C13H12BrClN2O2S. The largest absolute Gasteiger partial charge is 0.399 e. The first-order valence-corrected chi connectivity index (χ1v) is 8.28. The Hall–Kier alpha value is -1.24. The molecule has 106 valence electrons. The van der Waals surface area contributed by atoms with Gasteiger partial charge >= 0.3 is 0 Å². The molecule has 0 unspecified atom stereocenters. The summed E-state index contributed by atoms with van der Waals surface area (Å²) in [6.45, 7) is 1.78. The lowest BCUT2D eigenvalue weighted by molar-refractivity contribution is 0.601. The van der Waals surface area contributed by atoms with Gasteiger partial charge in [0.25, 0.3) is 10.0 Å². The summed E-state index contributed by atoms with van der Waals surface area (Å²) in [5.41, 5.74) is 7.16. The van der Waals surface area contributed by atoms with Crippen molar-refractivity contribution in [2.75, 3.05) is 10.5 Å². The van der Waals surface area contributed by atoms with Gasteiger partial charge in [0.15, 0.2) is 0 Å². The van der Waals surface area contributed by atoms with Crippen LogP contribution >= 0.6 is 27.5 Å². The van der Waals surface area contributed by atoms with E-state index < -0.39 is 10.0 Å². The Bertz CT molecular complexity index is 743. The van der Waals surface area contributed by atoms with Crippen molar-refractivity contribution in [3.63, 3.8) is 0 Å². The Morgan fingerprint density at radius 3 is 2.50 bits per heavy atom. The molecule has 0 aliphatic heterocycles. The predicted octanol–water partition coefficient (Wildman–Crippen LogP) is 3.79. The highest BCUT2D eigenvalue weighted by Gasteiger charge is 2.16. The van der Waals surface area contributed by atoms with E-state index in [0.717, 1.165) is 10.0 Å². The summed E-state index contributed by atoms with van der Waals surface area (Å²) < 4.78 is 27.8. The molecule has 0 heterocycles. The van der Waals surface area contributed by atoms with Crippen LogP contribution in [0, 0.1) is 6.92 Å². The van der Waals surface area contributed by atoms with Gasteiger partial charge in [0.2, 0.25) is 0 Å². The van der Waals surface area contributed by atoms with Gasteiger partial charge in [-0.15, -0.1) is 0 Å². The van der Waals surface area contributed by atoms with Gasteiger partial charge in [0, 0.05) is 10.2 Å². The van der Waals surface area contributed by atoms with Crippen molar-refractivity contribution in [2.24, 2.45) is 0 Å². The molecule has 0 atom stereocenters. The number of benzene rings is 2. The first-order valence-electron chi connectivity index (χ1n) is 5.63. The van der Waals surface area contributed by atoms with Crippen LogP contribution in [0.2, 0.25) is 5.02 Å². The number of anilines is 2. The van der Waals surface area contributed by atoms with Crippen LogP contribution in [0.1, 0.15) is 5.56 Å². The lowest BCUT2D eigenvalue weighted by atomic mass is 10.2. The van der Waals surface area contributed by atoms with E-state index in [9.17, 15) is 8.42 Å². The minimum absolute atomic E-state index is 0.106. The number of nitrogen functional groups attached to an aromatic ring is 1. The molecule has 0 saturated carbocycles. The third-order valence-electron chi connectivity index (χ3n) is 2.56. The lowest BCUT2D eigenvalue weighted by Crippen LogP contribution is -2.13. The van der Waals surface area contributed by atoms with Crippen LogP contribution in [0.5, 0.6) is 0 Å². The molecule has 3 N–H and O–H groups in total. The fraction of sp³-hybridized carbons (Fsp3) is 0.0769. The minimum Gasteiger partial charge on any atom is -0.399 e. The van der Waals surface area contributed by atoms with E-state index in [4.69, 9.17) is 17.3 Å². The number of nitrogens with one attached hydrogen (secondary N) is 1. The lowest BCUT2D eigenvalue weighted by Gasteiger charge is -2.11. The van der Waals surface area contributed by atoms with Gasteiger partial charge in [-0.1, -0.05) is 27.5 Å². The van der Waals surface area contributed by atoms with Crippen LogP contribution in [-0.4, -0.2) is 8.42 Å². The number of halogens is 2. The average molecular weight is 376 g/mol. The SMILES string of the molecule is Cc1cc(N)cc(S(=O)(=O)Nc2ccc(Br)cc2Cl)c1. The molecule has 0 bridgehead atoms. The minimum atomic E-state index is -3.72. The smallest absolute Gasteiger partial charge is 0.262 e. The molecule has 0 aliphatic carbocycles. The van der Waals surface area contributed by atoms with Crippen LogP contribution in [0.3, 0.4) is 0 Å². The quantitative estimate of drug-likeness (QED) is 0.802. The van der Waals surface area contributed by atoms with E-state index in [1.807, 2.05) is 0 Å². The summed E-state index contributed by atoms with van der Waals surface area (Å²) >= 11 is 9.27.